The van der Waals surface area contributed by atoms with Crippen molar-refractivity contribution >= 4 is 5.97 Å². The molecule has 0 radical (unpaired) electrons. The number of unbranched alkanes of at least 4 members (excludes halogenated alkanes) is 28. The van der Waals surface area contributed by atoms with Gasteiger partial charge in [0.25, 0.3) is 0 Å². The summed E-state index contributed by atoms with van der Waals surface area (Å²) in [4.78, 5) is 12.0. The lowest BCUT2D eigenvalue weighted by molar-refractivity contribution is -0.143. The lowest BCUT2D eigenvalue weighted by Crippen LogP contribution is -2.05. The number of hydrogen-bond donors (Lipinski definition) is 0. The van der Waals surface area contributed by atoms with E-state index in [-0.39, 0.29) is 5.97 Å². The second kappa shape index (κ2) is 42.9. The summed E-state index contributed by atoms with van der Waals surface area (Å²) in [7, 11) is 0. The van der Waals surface area contributed by atoms with E-state index in [0.717, 1.165) is 44.4 Å². The number of rotatable bonds is 40. The van der Waals surface area contributed by atoms with Crippen molar-refractivity contribution in [1.82, 2.24) is 0 Å². The Morgan fingerprint density at radius 3 is 1.20 bits per heavy atom. The molecular weight excluding hydrogens is 597 g/mol. The fraction of sp³-hybridized carbons (Fsp3) is 0.851. The number of ether oxygens (including phenoxy) is 1. The van der Waals surface area contributed by atoms with Crippen LogP contribution in [0.3, 0.4) is 0 Å². The van der Waals surface area contributed by atoms with Crippen LogP contribution in [0.1, 0.15) is 245 Å². The van der Waals surface area contributed by atoms with Crippen LogP contribution in [0.5, 0.6) is 0 Å². The molecule has 0 aromatic rings. The monoisotopic (exact) mass is 685 g/mol. The normalized spacial score (nSPS) is 12.1. The first-order valence-corrected chi connectivity index (χ1v) is 22.3. The Bertz CT molecular complexity index is 718. The van der Waals surface area contributed by atoms with Gasteiger partial charge in [-0.3, -0.25) is 4.79 Å². The molecule has 0 spiro atoms. The van der Waals surface area contributed by atoms with Crippen molar-refractivity contribution in [3.05, 3.63) is 36.5 Å². The molecule has 0 fully saturated rings. The van der Waals surface area contributed by atoms with Gasteiger partial charge in [-0.1, -0.05) is 231 Å². The number of carbonyl (C=O) groups excluding carboxylic acids is 1. The van der Waals surface area contributed by atoms with E-state index in [4.69, 9.17) is 4.74 Å². The Labute approximate surface area is 309 Å². The van der Waals surface area contributed by atoms with Gasteiger partial charge >= 0.3 is 5.97 Å². The van der Waals surface area contributed by atoms with Crippen molar-refractivity contribution in [2.45, 2.75) is 245 Å². The third-order valence-electron chi connectivity index (χ3n) is 9.97. The van der Waals surface area contributed by atoms with Crippen LogP contribution in [-0.2, 0) is 9.53 Å². The molecule has 0 N–H and O–H groups in total. The summed E-state index contributed by atoms with van der Waals surface area (Å²) in [5, 5.41) is 0. The minimum absolute atomic E-state index is 0.00979. The van der Waals surface area contributed by atoms with E-state index >= 15 is 0 Å². The highest BCUT2D eigenvalue weighted by Crippen LogP contribution is 2.17. The second-order valence-corrected chi connectivity index (χ2v) is 15.5. The number of allylic oxidation sites excluding steroid dienone is 6. The third kappa shape index (κ3) is 44.7. The molecule has 0 aromatic heterocycles. The van der Waals surface area contributed by atoms with Crippen LogP contribution in [-0.4, -0.2) is 12.6 Å². The molecule has 0 unspecified atom stereocenters. The predicted octanol–water partition coefficient (Wildman–Crippen LogP) is 16.5. The zero-order valence-corrected chi connectivity index (χ0v) is 33.8. The Morgan fingerprint density at radius 1 is 0.429 bits per heavy atom. The summed E-state index contributed by atoms with van der Waals surface area (Å²) in [5.41, 5.74) is 0. The van der Waals surface area contributed by atoms with Gasteiger partial charge < -0.3 is 4.74 Å². The topological polar surface area (TPSA) is 26.3 Å². The molecule has 0 atom stereocenters. The van der Waals surface area contributed by atoms with E-state index in [1.54, 1.807) is 0 Å². The summed E-state index contributed by atoms with van der Waals surface area (Å²) in [6.45, 7) is 7.48. The number of hydrogen-bond acceptors (Lipinski definition) is 2. The maximum Gasteiger partial charge on any atom is 0.305 e. The van der Waals surface area contributed by atoms with Crippen LogP contribution in [0.2, 0.25) is 0 Å². The van der Waals surface area contributed by atoms with E-state index in [0.29, 0.717) is 13.0 Å². The molecular formula is C47H88O2. The van der Waals surface area contributed by atoms with Crippen LogP contribution >= 0.6 is 0 Å². The van der Waals surface area contributed by atoms with E-state index in [1.807, 2.05) is 0 Å². The molecule has 0 saturated heterocycles. The number of esters is 1. The van der Waals surface area contributed by atoms with Crippen molar-refractivity contribution in [3.63, 3.8) is 0 Å². The molecule has 0 aliphatic heterocycles. The first-order chi connectivity index (χ1) is 24.2. The lowest BCUT2D eigenvalue weighted by atomic mass is 10.0. The Hall–Kier alpha value is -1.31. The molecule has 2 heteroatoms. The summed E-state index contributed by atoms with van der Waals surface area (Å²) >= 11 is 0. The minimum atomic E-state index is 0.00979. The molecule has 0 aromatic carbocycles. The largest absolute Gasteiger partial charge is 0.466 e. The molecule has 2 nitrogen and oxygen atoms in total. The van der Waals surface area contributed by atoms with Gasteiger partial charge in [0.1, 0.15) is 0 Å². The summed E-state index contributed by atoms with van der Waals surface area (Å²) in [6.07, 6.45) is 59.7. The Balaban J connectivity index is 3.19. The summed E-state index contributed by atoms with van der Waals surface area (Å²) in [5.74, 6) is 0.895. The fourth-order valence-electron chi connectivity index (χ4n) is 6.69. The third-order valence-corrected chi connectivity index (χ3v) is 9.97. The highest BCUT2D eigenvalue weighted by atomic mass is 16.5. The van der Waals surface area contributed by atoms with E-state index in [1.165, 1.54) is 180 Å². The Kier molecular flexibility index (Phi) is 41.7. The highest BCUT2D eigenvalue weighted by Gasteiger charge is 2.03. The fourth-order valence-corrected chi connectivity index (χ4v) is 6.69. The van der Waals surface area contributed by atoms with Gasteiger partial charge in [0, 0.05) is 6.42 Å². The zero-order chi connectivity index (χ0) is 35.6. The SMILES string of the molecule is CC/C=C\C/C=C\C/C=C\CCCCCCCC(=O)OCCCCCCCCCCCCCCCCCCCCCCCCCCC(C)C. The average molecular weight is 685 g/mol. The van der Waals surface area contributed by atoms with E-state index < -0.39 is 0 Å². The average Bonchev–Trinajstić information content (AvgIpc) is 3.09. The second-order valence-electron chi connectivity index (χ2n) is 15.5. The van der Waals surface area contributed by atoms with Crippen LogP contribution in [0.25, 0.3) is 0 Å². The molecule has 0 rings (SSSR count). The first-order valence-electron chi connectivity index (χ1n) is 22.3. The van der Waals surface area contributed by atoms with Gasteiger partial charge in [0.15, 0.2) is 0 Å². The molecule has 49 heavy (non-hydrogen) atoms. The maximum atomic E-state index is 12.0. The van der Waals surface area contributed by atoms with Gasteiger partial charge in [-0.25, -0.2) is 0 Å². The van der Waals surface area contributed by atoms with Crippen LogP contribution in [0.15, 0.2) is 36.5 Å². The van der Waals surface area contributed by atoms with Crippen LogP contribution < -0.4 is 0 Å². The van der Waals surface area contributed by atoms with E-state index in [9.17, 15) is 4.79 Å². The molecule has 288 valence electrons. The van der Waals surface area contributed by atoms with Crippen LogP contribution in [0.4, 0.5) is 0 Å². The molecule has 0 saturated carbocycles. The quantitative estimate of drug-likeness (QED) is 0.0365. The van der Waals surface area contributed by atoms with Crippen molar-refractivity contribution in [1.29, 1.82) is 0 Å². The van der Waals surface area contributed by atoms with Crippen molar-refractivity contribution < 1.29 is 9.53 Å². The van der Waals surface area contributed by atoms with Crippen LogP contribution in [0, 0.1) is 5.92 Å². The smallest absolute Gasteiger partial charge is 0.305 e. The van der Waals surface area contributed by atoms with Gasteiger partial charge in [0.05, 0.1) is 6.61 Å². The van der Waals surface area contributed by atoms with Crippen molar-refractivity contribution in [2.24, 2.45) is 5.92 Å². The predicted molar refractivity (Wildman–Crippen MR) is 220 cm³/mol. The van der Waals surface area contributed by atoms with Gasteiger partial charge in [0.2, 0.25) is 0 Å². The Morgan fingerprint density at radius 2 is 0.776 bits per heavy atom. The maximum absolute atomic E-state index is 12.0. The summed E-state index contributed by atoms with van der Waals surface area (Å²) < 4.78 is 5.46. The van der Waals surface area contributed by atoms with Gasteiger partial charge in [-0.15, -0.1) is 0 Å². The number of carbonyl (C=O) groups is 1. The van der Waals surface area contributed by atoms with Crippen molar-refractivity contribution in [2.75, 3.05) is 6.61 Å². The molecule has 0 heterocycles. The lowest BCUT2D eigenvalue weighted by Gasteiger charge is -2.06. The minimum Gasteiger partial charge on any atom is -0.466 e. The summed E-state index contributed by atoms with van der Waals surface area (Å²) in [6, 6.07) is 0. The van der Waals surface area contributed by atoms with Gasteiger partial charge in [-0.05, 0) is 50.9 Å². The van der Waals surface area contributed by atoms with E-state index in [2.05, 4.69) is 57.2 Å². The zero-order valence-electron chi connectivity index (χ0n) is 33.8. The highest BCUT2D eigenvalue weighted by molar-refractivity contribution is 5.69. The first kappa shape index (κ1) is 47.7. The molecule has 0 amide bonds. The molecule has 0 aliphatic rings. The molecule has 0 bridgehead atoms. The van der Waals surface area contributed by atoms with Crippen molar-refractivity contribution in [3.8, 4) is 0 Å². The molecule has 0 aliphatic carbocycles. The standard InChI is InChI=1S/C47H88O2/c1-4-5-6-7-8-9-10-11-22-26-29-32-35-38-41-44-47(48)49-45-42-39-36-33-30-27-24-21-19-17-15-13-12-14-16-18-20-23-25-28-31-34-37-40-43-46(2)3/h5-6,8-9,11,22,46H,4,7,10,12-21,23-45H2,1-3H3/b6-5-,9-8-,22-11-. The van der Waals surface area contributed by atoms with Gasteiger partial charge in [-0.2, -0.15) is 0 Å².